The molecule has 0 heterocycles. The Balaban J connectivity index is 2.28. The van der Waals surface area contributed by atoms with Crippen LogP contribution < -0.4 is 10.6 Å². The van der Waals surface area contributed by atoms with Gasteiger partial charge in [0.1, 0.15) is 0 Å². The maximum Gasteiger partial charge on any atom is 0.321 e. The molecule has 3 amide bonds. The summed E-state index contributed by atoms with van der Waals surface area (Å²) in [4.78, 5) is 22.7. The summed E-state index contributed by atoms with van der Waals surface area (Å²) in [6.45, 7) is 2.18. The minimum Gasteiger partial charge on any atom is -0.335 e. The number of urea groups is 1. The highest BCUT2D eigenvalue weighted by Crippen LogP contribution is 2.26. The number of imide groups is 1. The standard InChI is InChI=1S/C12H21ClN2O2/c1-2-9-4-3-5-10(8-9)14-12(17)15-11(16)6-7-13/h9-10H,2-8H2,1H3,(H2,14,15,16,17). The van der Waals surface area contributed by atoms with Crippen LogP contribution in [-0.4, -0.2) is 23.9 Å². The van der Waals surface area contributed by atoms with Gasteiger partial charge in [-0.15, -0.1) is 11.6 Å². The molecule has 17 heavy (non-hydrogen) atoms. The minimum atomic E-state index is -0.387. The molecule has 98 valence electrons. The zero-order valence-corrected chi connectivity index (χ0v) is 11.1. The number of hydrogen-bond donors (Lipinski definition) is 2. The van der Waals surface area contributed by atoms with Gasteiger partial charge in [0.25, 0.3) is 0 Å². The van der Waals surface area contributed by atoms with Crippen molar-refractivity contribution in [3.05, 3.63) is 0 Å². The maximum absolute atomic E-state index is 11.5. The number of carbonyl (C=O) groups is 2. The molecule has 0 aromatic heterocycles. The number of halogens is 1. The predicted octanol–water partition coefficient (Wildman–Crippen LogP) is 2.41. The van der Waals surface area contributed by atoms with E-state index in [0.717, 1.165) is 25.7 Å². The smallest absolute Gasteiger partial charge is 0.321 e. The lowest BCUT2D eigenvalue weighted by Gasteiger charge is -2.28. The van der Waals surface area contributed by atoms with Crippen molar-refractivity contribution in [2.75, 3.05) is 5.88 Å². The van der Waals surface area contributed by atoms with Crippen LogP contribution in [0.2, 0.25) is 0 Å². The van der Waals surface area contributed by atoms with Crippen LogP contribution in [0.15, 0.2) is 0 Å². The molecule has 0 aromatic rings. The van der Waals surface area contributed by atoms with Gasteiger partial charge in [0, 0.05) is 18.3 Å². The van der Waals surface area contributed by atoms with E-state index in [2.05, 4.69) is 17.6 Å². The Labute approximate surface area is 107 Å². The summed E-state index contributed by atoms with van der Waals surface area (Å²) in [5.41, 5.74) is 0. The van der Waals surface area contributed by atoms with Crippen LogP contribution in [0.5, 0.6) is 0 Å². The van der Waals surface area contributed by atoms with Gasteiger partial charge in [0.05, 0.1) is 0 Å². The van der Waals surface area contributed by atoms with E-state index >= 15 is 0 Å². The quantitative estimate of drug-likeness (QED) is 0.763. The van der Waals surface area contributed by atoms with Gasteiger partial charge in [-0.25, -0.2) is 4.79 Å². The van der Waals surface area contributed by atoms with Gasteiger partial charge in [-0.05, 0) is 18.8 Å². The van der Waals surface area contributed by atoms with Gasteiger partial charge < -0.3 is 5.32 Å². The number of hydrogen-bond acceptors (Lipinski definition) is 2. The van der Waals surface area contributed by atoms with Crippen LogP contribution in [0.3, 0.4) is 0 Å². The van der Waals surface area contributed by atoms with Gasteiger partial charge >= 0.3 is 6.03 Å². The normalized spacial score (nSPS) is 24.1. The highest BCUT2D eigenvalue weighted by atomic mass is 35.5. The van der Waals surface area contributed by atoms with Gasteiger partial charge in [0.2, 0.25) is 5.91 Å². The van der Waals surface area contributed by atoms with E-state index in [4.69, 9.17) is 11.6 Å². The molecule has 1 fully saturated rings. The Hall–Kier alpha value is -0.770. The minimum absolute atomic E-state index is 0.178. The fourth-order valence-electron chi connectivity index (χ4n) is 2.29. The van der Waals surface area contributed by atoms with Crippen molar-refractivity contribution in [1.29, 1.82) is 0 Å². The molecule has 1 saturated carbocycles. The second-order valence-corrected chi connectivity index (χ2v) is 4.98. The number of amides is 3. The number of rotatable bonds is 4. The summed E-state index contributed by atoms with van der Waals surface area (Å²) in [6, 6.07) is -0.181. The highest BCUT2D eigenvalue weighted by molar-refractivity contribution is 6.19. The van der Waals surface area contributed by atoms with Crippen molar-refractivity contribution in [3.8, 4) is 0 Å². The first-order valence-corrected chi connectivity index (χ1v) is 6.85. The molecular formula is C12H21ClN2O2. The molecule has 4 nitrogen and oxygen atoms in total. The van der Waals surface area contributed by atoms with Crippen molar-refractivity contribution >= 4 is 23.5 Å². The molecule has 0 spiro atoms. The molecule has 1 aliphatic carbocycles. The summed E-state index contributed by atoms with van der Waals surface area (Å²) in [6.07, 6.45) is 5.77. The van der Waals surface area contributed by atoms with Crippen molar-refractivity contribution in [2.45, 2.75) is 51.5 Å². The first kappa shape index (κ1) is 14.3. The lowest BCUT2D eigenvalue weighted by molar-refractivity contribution is -0.119. The SMILES string of the molecule is CCC1CCCC(NC(=O)NC(=O)CCCl)C1. The third-order valence-corrected chi connectivity index (χ3v) is 3.46. The van der Waals surface area contributed by atoms with E-state index in [1.165, 1.54) is 6.42 Å². The summed E-state index contributed by atoms with van der Waals surface area (Å²) >= 11 is 5.42. The summed E-state index contributed by atoms with van der Waals surface area (Å²) in [7, 11) is 0. The first-order valence-electron chi connectivity index (χ1n) is 6.32. The van der Waals surface area contributed by atoms with Crippen molar-refractivity contribution in [1.82, 2.24) is 10.6 Å². The van der Waals surface area contributed by atoms with Gasteiger partial charge in [-0.2, -0.15) is 0 Å². The molecule has 0 radical (unpaired) electrons. The second-order valence-electron chi connectivity index (χ2n) is 4.60. The number of nitrogens with one attached hydrogen (secondary N) is 2. The molecule has 1 rings (SSSR count). The van der Waals surface area contributed by atoms with Crippen molar-refractivity contribution in [3.63, 3.8) is 0 Å². The van der Waals surface area contributed by atoms with Gasteiger partial charge in [0.15, 0.2) is 0 Å². The Morgan fingerprint density at radius 3 is 2.76 bits per heavy atom. The fraction of sp³-hybridized carbons (Fsp3) is 0.833. The maximum atomic E-state index is 11.5. The Morgan fingerprint density at radius 2 is 2.12 bits per heavy atom. The summed E-state index contributed by atoms with van der Waals surface area (Å²) in [5.74, 6) is 0.619. The monoisotopic (exact) mass is 260 g/mol. The van der Waals surface area contributed by atoms with Crippen LogP contribution in [0, 0.1) is 5.92 Å². The molecule has 0 aromatic carbocycles. The van der Waals surface area contributed by atoms with Crippen molar-refractivity contribution < 1.29 is 9.59 Å². The van der Waals surface area contributed by atoms with E-state index < -0.39 is 0 Å². The molecule has 0 bridgehead atoms. The largest absolute Gasteiger partial charge is 0.335 e. The van der Waals surface area contributed by atoms with Crippen LogP contribution in [0.4, 0.5) is 4.79 Å². The lowest BCUT2D eigenvalue weighted by atomic mass is 9.84. The Kier molecular flexibility index (Phi) is 6.34. The Bertz CT molecular complexity index is 271. The molecule has 0 saturated heterocycles. The van der Waals surface area contributed by atoms with Gasteiger partial charge in [-0.3, -0.25) is 10.1 Å². The molecule has 2 atom stereocenters. The predicted molar refractivity (Wildman–Crippen MR) is 68.0 cm³/mol. The second kappa shape index (κ2) is 7.54. The molecule has 2 N–H and O–H groups in total. The highest BCUT2D eigenvalue weighted by Gasteiger charge is 2.22. The van der Waals surface area contributed by atoms with Gasteiger partial charge in [-0.1, -0.05) is 26.2 Å². The van der Waals surface area contributed by atoms with Crippen LogP contribution in [-0.2, 0) is 4.79 Å². The molecular weight excluding hydrogens is 240 g/mol. The fourth-order valence-corrected chi connectivity index (χ4v) is 2.46. The van der Waals surface area contributed by atoms with E-state index in [0.29, 0.717) is 5.92 Å². The first-order chi connectivity index (χ1) is 8.15. The third-order valence-electron chi connectivity index (χ3n) is 3.27. The third kappa shape index (κ3) is 5.39. The van der Waals surface area contributed by atoms with Crippen LogP contribution in [0.25, 0.3) is 0 Å². The average molecular weight is 261 g/mol. The van der Waals surface area contributed by atoms with E-state index in [-0.39, 0.29) is 30.3 Å². The molecule has 5 heteroatoms. The molecule has 0 aliphatic heterocycles. The van der Waals surface area contributed by atoms with Crippen molar-refractivity contribution in [2.24, 2.45) is 5.92 Å². The number of carbonyl (C=O) groups excluding carboxylic acids is 2. The average Bonchev–Trinajstić information content (AvgIpc) is 2.29. The Morgan fingerprint density at radius 1 is 1.35 bits per heavy atom. The lowest BCUT2D eigenvalue weighted by Crippen LogP contribution is -2.46. The van der Waals surface area contributed by atoms with E-state index in [1.54, 1.807) is 0 Å². The number of alkyl halides is 1. The molecule has 2 unspecified atom stereocenters. The topological polar surface area (TPSA) is 58.2 Å². The summed E-state index contributed by atoms with van der Waals surface area (Å²) in [5, 5.41) is 5.15. The molecule has 1 aliphatic rings. The summed E-state index contributed by atoms with van der Waals surface area (Å²) < 4.78 is 0. The zero-order chi connectivity index (χ0) is 12.7. The van der Waals surface area contributed by atoms with E-state index in [1.807, 2.05) is 0 Å². The zero-order valence-electron chi connectivity index (χ0n) is 10.3. The van der Waals surface area contributed by atoms with E-state index in [9.17, 15) is 9.59 Å². The van der Waals surface area contributed by atoms with Crippen LogP contribution >= 0.6 is 11.6 Å². The van der Waals surface area contributed by atoms with Crippen LogP contribution in [0.1, 0.15) is 45.4 Å².